The van der Waals surface area contributed by atoms with Gasteiger partial charge in [0.05, 0.1) is 0 Å². The van der Waals surface area contributed by atoms with Crippen LogP contribution in [0.4, 0.5) is 4.39 Å². The number of halogens is 1. The van der Waals surface area contributed by atoms with Gasteiger partial charge in [0, 0.05) is 30.7 Å². The second kappa shape index (κ2) is 7.37. The molecule has 1 aromatic carbocycles. The first-order valence-corrected chi connectivity index (χ1v) is 8.18. The summed E-state index contributed by atoms with van der Waals surface area (Å²) in [4.78, 5) is 2.57. The monoisotopic (exact) mass is 292 g/mol. The van der Waals surface area contributed by atoms with E-state index in [4.69, 9.17) is 0 Å². The van der Waals surface area contributed by atoms with E-state index in [9.17, 15) is 4.39 Å². The second-order valence-corrected chi connectivity index (χ2v) is 6.71. The maximum absolute atomic E-state index is 13.9. The highest BCUT2D eigenvalue weighted by molar-refractivity contribution is 5.21. The summed E-state index contributed by atoms with van der Waals surface area (Å²) in [5.41, 5.74) is 0.783. The number of benzene rings is 1. The van der Waals surface area contributed by atoms with Crippen molar-refractivity contribution in [1.29, 1.82) is 0 Å². The Morgan fingerprint density at radius 1 is 1.29 bits per heavy atom. The van der Waals surface area contributed by atoms with Crippen molar-refractivity contribution in [3.8, 4) is 0 Å². The maximum Gasteiger partial charge on any atom is 0.127 e. The van der Waals surface area contributed by atoms with E-state index in [-0.39, 0.29) is 11.9 Å². The highest BCUT2D eigenvalue weighted by Crippen LogP contribution is 2.28. The van der Waals surface area contributed by atoms with E-state index in [2.05, 4.69) is 31.0 Å². The molecule has 0 radical (unpaired) electrons. The number of rotatable bonds is 5. The fourth-order valence-electron chi connectivity index (χ4n) is 3.64. The first kappa shape index (κ1) is 16.4. The molecule has 0 aliphatic carbocycles. The van der Waals surface area contributed by atoms with E-state index in [1.54, 1.807) is 12.1 Å². The molecule has 0 bridgehead atoms. The van der Waals surface area contributed by atoms with Crippen LogP contribution in [0.2, 0.25) is 0 Å². The summed E-state index contributed by atoms with van der Waals surface area (Å²) in [5, 5.41) is 3.27. The molecule has 3 heteroatoms. The first-order valence-electron chi connectivity index (χ1n) is 8.18. The quantitative estimate of drug-likeness (QED) is 0.887. The highest BCUT2D eigenvalue weighted by atomic mass is 19.1. The zero-order chi connectivity index (χ0) is 15.4. The van der Waals surface area contributed by atoms with Gasteiger partial charge in [0.1, 0.15) is 5.82 Å². The summed E-state index contributed by atoms with van der Waals surface area (Å²) in [6, 6.07) is 7.82. The lowest BCUT2D eigenvalue weighted by molar-refractivity contribution is 0.0759. The van der Waals surface area contributed by atoms with E-state index in [0.717, 1.165) is 30.4 Å². The number of likely N-dealkylation sites (tertiary alicyclic amines) is 1. The largest absolute Gasteiger partial charge is 0.313 e. The van der Waals surface area contributed by atoms with Gasteiger partial charge in [-0.05, 0) is 44.7 Å². The SMILES string of the molecule is CNC(CCN1CC(C)CC(C)C1C)c1ccccc1F. The lowest BCUT2D eigenvalue weighted by Gasteiger charge is -2.41. The molecule has 1 heterocycles. The van der Waals surface area contributed by atoms with Gasteiger partial charge >= 0.3 is 0 Å². The van der Waals surface area contributed by atoms with Crippen LogP contribution in [0, 0.1) is 17.7 Å². The number of nitrogens with one attached hydrogen (secondary N) is 1. The summed E-state index contributed by atoms with van der Waals surface area (Å²) >= 11 is 0. The third-order valence-corrected chi connectivity index (χ3v) is 5.05. The molecule has 0 aromatic heterocycles. The molecule has 1 fully saturated rings. The Morgan fingerprint density at radius 2 is 2.00 bits per heavy atom. The van der Waals surface area contributed by atoms with Gasteiger partial charge in [-0.2, -0.15) is 0 Å². The Morgan fingerprint density at radius 3 is 2.67 bits per heavy atom. The van der Waals surface area contributed by atoms with Crippen molar-refractivity contribution in [3.05, 3.63) is 35.6 Å². The molecule has 1 aromatic rings. The topological polar surface area (TPSA) is 15.3 Å². The first-order chi connectivity index (χ1) is 10.0. The lowest BCUT2D eigenvalue weighted by Crippen LogP contribution is -2.46. The van der Waals surface area contributed by atoms with Crippen LogP contribution in [0.3, 0.4) is 0 Å². The zero-order valence-electron chi connectivity index (χ0n) is 13.8. The molecular weight excluding hydrogens is 263 g/mol. The molecule has 21 heavy (non-hydrogen) atoms. The van der Waals surface area contributed by atoms with Crippen LogP contribution < -0.4 is 5.32 Å². The van der Waals surface area contributed by atoms with Crippen LogP contribution in [0.5, 0.6) is 0 Å². The highest BCUT2D eigenvalue weighted by Gasteiger charge is 2.29. The average Bonchev–Trinajstić information content (AvgIpc) is 2.46. The van der Waals surface area contributed by atoms with Gasteiger partial charge in [-0.25, -0.2) is 4.39 Å². The lowest BCUT2D eigenvalue weighted by atomic mass is 9.85. The fourth-order valence-corrected chi connectivity index (χ4v) is 3.64. The van der Waals surface area contributed by atoms with Gasteiger partial charge in [-0.15, -0.1) is 0 Å². The van der Waals surface area contributed by atoms with Gasteiger partial charge in [0.15, 0.2) is 0 Å². The van der Waals surface area contributed by atoms with Crippen molar-refractivity contribution in [1.82, 2.24) is 10.2 Å². The van der Waals surface area contributed by atoms with Crippen LogP contribution >= 0.6 is 0 Å². The van der Waals surface area contributed by atoms with Crippen molar-refractivity contribution in [2.24, 2.45) is 11.8 Å². The molecule has 0 saturated carbocycles. The fraction of sp³-hybridized carbons (Fsp3) is 0.667. The summed E-state index contributed by atoms with van der Waals surface area (Å²) in [6.07, 6.45) is 2.27. The van der Waals surface area contributed by atoms with Crippen molar-refractivity contribution < 1.29 is 4.39 Å². The Balaban J connectivity index is 1.98. The second-order valence-electron chi connectivity index (χ2n) is 6.71. The minimum absolute atomic E-state index is 0.0888. The molecule has 1 aliphatic heterocycles. The molecule has 4 unspecified atom stereocenters. The van der Waals surface area contributed by atoms with Gasteiger partial charge < -0.3 is 10.2 Å². The maximum atomic E-state index is 13.9. The summed E-state index contributed by atoms with van der Waals surface area (Å²) in [6.45, 7) is 9.20. The van der Waals surface area contributed by atoms with Crippen LogP contribution in [0.1, 0.15) is 45.2 Å². The molecule has 0 amide bonds. The van der Waals surface area contributed by atoms with Crippen molar-refractivity contribution in [2.75, 3.05) is 20.1 Å². The molecular formula is C18H29FN2. The van der Waals surface area contributed by atoms with Gasteiger partial charge in [-0.1, -0.05) is 32.0 Å². The van der Waals surface area contributed by atoms with E-state index in [0.29, 0.717) is 6.04 Å². The van der Waals surface area contributed by atoms with Gasteiger partial charge in [0.2, 0.25) is 0 Å². The standard InChI is InChI=1S/C18H29FN2/c1-13-11-14(2)15(3)21(12-13)10-9-18(20-4)16-7-5-6-8-17(16)19/h5-8,13-15,18,20H,9-12H2,1-4H3. The molecule has 0 spiro atoms. The van der Waals surface area contributed by atoms with E-state index in [1.165, 1.54) is 13.0 Å². The smallest absolute Gasteiger partial charge is 0.127 e. The molecule has 4 atom stereocenters. The summed E-state index contributed by atoms with van der Waals surface area (Å²) in [7, 11) is 1.92. The van der Waals surface area contributed by atoms with Crippen molar-refractivity contribution >= 4 is 0 Å². The third-order valence-electron chi connectivity index (χ3n) is 5.05. The van der Waals surface area contributed by atoms with Crippen molar-refractivity contribution in [3.63, 3.8) is 0 Å². The third kappa shape index (κ3) is 4.04. The molecule has 2 nitrogen and oxygen atoms in total. The van der Waals surface area contributed by atoms with Gasteiger partial charge in [0.25, 0.3) is 0 Å². The van der Waals surface area contributed by atoms with Gasteiger partial charge in [-0.3, -0.25) is 0 Å². The Kier molecular flexibility index (Phi) is 5.77. The normalized spacial score (nSPS) is 28.5. The molecule has 1 saturated heterocycles. The van der Waals surface area contributed by atoms with Crippen LogP contribution in [0.15, 0.2) is 24.3 Å². The summed E-state index contributed by atoms with van der Waals surface area (Å²) in [5.74, 6) is 1.40. The summed E-state index contributed by atoms with van der Waals surface area (Å²) < 4.78 is 13.9. The van der Waals surface area contributed by atoms with Crippen LogP contribution in [-0.2, 0) is 0 Å². The molecule has 2 rings (SSSR count). The minimum atomic E-state index is -0.106. The number of nitrogens with zero attached hydrogens (tertiary/aromatic N) is 1. The number of hydrogen-bond acceptors (Lipinski definition) is 2. The predicted molar refractivity (Wildman–Crippen MR) is 86.8 cm³/mol. The zero-order valence-corrected chi connectivity index (χ0v) is 13.8. The number of hydrogen-bond donors (Lipinski definition) is 1. The van der Waals surface area contributed by atoms with E-state index < -0.39 is 0 Å². The van der Waals surface area contributed by atoms with Crippen LogP contribution in [-0.4, -0.2) is 31.1 Å². The molecule has 1 N–H and O–H groups in total. The van der Waals surface area contributed by atoms with Crippen LogP contribution in [0.25, 0.3) is 0 Å². The van der Waals surface area contributed by atoms with E-state index >= 15 is 0 Å². The Hall–Kier alpha value is -0.930. The molecule has 118 valence electrons. The van der Waals surface area contributed by atoms with E-state index in [1.807, 2.05) is 19.2 Å². The minimum Gasteiger partial charge on any atom is -0.313 e. The Labute approximate surface area is 128 Å². The number of piperidine rings is 1. The molecule has 1 aliphatic rings. The predicted octanol–water partition coefficient (Wildman–Crippen LogP) is 3.84. The Bertz CT molecular complexity index is 449. The van der Waals surface area contributed by atoms with Crippen molar-refractivity contribution in [2.45, 2.75) is 45.7 Å². The average molecular weight is 292 g/mol.